The highest BCUT2D eigenvalue weighted by molar-refractivity contribution is 7.93. The van der Waals surface area contributed by atoms with E-state index in [-0.39, 0.29) is 35.4 Å². The first kappa shape index (κ1) is 28.6. The van der Waals surface area contributed by atoms with Crippen LogP contribution in [0.15, 0.2) is 99.4 Å². The van der Waals surface area contributed by atoms with Gasteiger partial charge in [0.1, 0.15) is 5.84 Å². The van der Waals surface area contributed by atoms with Crippen LogP contribution in [0.3, 0.4) is 0 Å². The molecule has 0 atom stereocenters. The maximum Gasteiger partial charge on any atom is 0.331 e. The van der Waals surface area contributed by atoms with E-state index in [9.17, 15) is 18.0 Å². The number of fused-ring (bicyclic) bond motifs is 2. The van der Waals surface area contributed by atoms with Crippen LogP contribution in [0.25, 0.3) is 21.7 Å². The first-order chi connectivity index (χ1) is 18.7. The van der Waals surface area contributed by atoms with Crippen LogP contribution < -0.4 is 21.7 Å². The van der Waals surface area contributed by atoms with E-state index in [1.165, 1.54) is 21.3 Å². The van der Waals surface area contributed by atoms with Gasteiger partial charge >= 0.3 is 5.69 Å². The fourth-order valence-electron chi connectivity index (χ4n) is 4.67. The van der Waals surface area contributed by atoms with E-state index in [1.54, 1.807) is 54.6 Å². The molecule has 0 unspecified atom stereocenters. The first-order valence-electron chi connectivity index (χ1n) is 12.4. The summed E-state index contributed by atoms with van der Waals surface area (Å²) in [5.74, 6) is -0.0680. The van der Waals surface area contributed by atoms with E-state index in [1.807, 2.05) is 25.1 Å². The fraction of sp³-hybridized carbons (Fsp3) is 0.138. The molecule has 0 aliphatic carbocycles. The number of aromatic nitrogens is 2. The van der Waals surface area contributed by atoms with Gasteiger partial charge in [-0.15, -0.1) is 12.4 Å². The number of benzene rings is 4. The molecular weight excluding hydrogens is 550 g/mol. The molecule has 40 heavy (non-hydrogen) atoms. The minimum atomic E-state index is -3.96. The van der Waals surface area contributed by atoms with Crippen molar-refractivity contribution in [3.05, 3.63) is 117 Å². The molecule has 5 aromatic rings. The molecule has 0 amide bonds. The summed E-state index contributed by atoms with van der Waals surface area (Å²) in [6, 6.07) is 23.7. The maximum absolute atomic E-state index is 13.5. The van der Waals surface area contributed by atoms with Crippen molar-refractivity contribution in [1.82, 2.24) is 9.13 Å². The number of nitrogens with zero attached hydrogens (tertiary/aromatic N) is 2. The van der Waals surface area contributed by atoms with E-state index < -0.39 is 21.3 Å². The van der Waals surface area contributed by atoms with Gasteiger partial charge in [-0.3, -0.25) is 24.1 Å². The van der Waals surface area contributed by atoms with Crippen LogP contribution in [0.4, 0.5) is 5.69 Å². The van der Waals surface area contributed by atoms with Gasteiger partial charge in [-0.2, -0.15) is 0 Å². The third-order valence-electron chi connectivity index (χ3n) is 6.57. The lowest BCUT2D eigenvalue weighted by Crippen LogP contribution is -2.40. The van der Waals surface area contributed by atoms with Crippen molar-refractivity contribution in [2.24, 2.45) is 5.73 Å². The molecule has 11 heteroatoms. The van der Waals surface area contributed by atoms with Gasteiger partial charge in [0.05, 0.1) is 28.0 Å². The second kappa shape index (κ2) is 11.4. The van der Waals surface area contributed by atoms with Gasteiger partial charge in [0.15, 0.2) is 0 Å². The molecule has 9 nitrogen and oxygen atoms in total. The van der Waals surface area contributed by atoms with Crippen LogP contribution in [0, 0.1) is 5.41 Å². The molecule has 4 aromatic carbocycles. The molecule has 0 bridgehead atoms. The minimum Gasteiger partial charge on any atom is -0.384 e. The number of halogens is 1. The van der Waals surface area contributed by atoms with Crippen LogP contribution in [0.2, 0.25) is 0 Å². The number of aryl methyl sites for hydroxylation is 1. The Bertz CT molecular complexity index is 1960. The molecule has 0 fully saturated rings. The largest absolute Gasteiger partial charge is 0.384 e. The van der Waals surface area contributed by atoms with Crippen LogP contribution in [-0.2, 0) is 23.1 Å². The van der Waals surface area contributed by atoms with Crippen LogP contribution >= 0.6 is 12.4 Å². The molecule has 0 saturated heterocycles. The smallest absolute Gasteiger partial charge is 0.331 e. The van der Waals surface area contributed by atoms with E-state index in [0.29, 0.717) is 40.4 Å². The van der Waals surface area contributed by atoms with Gasteiger partial charge in [-0.05, 0) is 41.6 Å². The molecule has 0 spiro atoms. The SMILES string of the molecule is CCCn1c(=O)n(Cc2ccc(C(=N)N)cc2)c(=O)c2ccc(NS(=O)(=O)c3cccc4ccccc34)cc21.Cl. The molecule has 4 N–H and O–H groups in total. The molecule has 0 saturated carbocycles. The number of hydrogen-bond donors (Lipinski definition) is 3. The first-order valence-corrected chi connectivity index (χ1v) is 13.9. The maximum atomic E-state index is 13.5. The molecule has 0 radical (unpaired) electrons. The van der Waals surface area contributed by atoms with Crippen molar-refractivity contribution >= 4 is 55.6 Å². The Kier molecular flexibility index (Phi) is 8.13. The highest BCUT2D eigenvalue weighted by Gasteiger charge is 2.19. The summed E-state index contributed by atoms with van der Waals surface area (Å²) in [5.41, 5.74) is 6.42. The summed E-state index contributed by atoms with van der Waals surface area (Å²) in [5, 5.41) is 9.24. The van der Waals surface area contributed by atoms with Crippen molar-refractivity contribution in [2.45, 2.75) is 31.3 Å². The zero-order valence-electron chi connectivity index (χ0n) is 21.6. The standard InChI is InChI=1S/C29H27N5O4S.ClH/c1-2-16-33-25-17-22(32-39(37,38)26-9-5-7-20-6-3-4-8-23(20)26)14-15-24(25)28(35)34(29(33)36)18-19-10-12-21(13-11-19)27(30)31;/h3-15,17,32H,2,16,18H2,1H3,(H3,30,31);1H. The average molecular weight is 578 g/mol. The summed E-state index contributed by atoms with van der Waals surface area (Å²) < 4.78 is 32.0. The Morgan fingerprint density at radius 2 is 1.60 bits per heavy atom. The average Bonchev–Trinajstić information content (AvgIpc) is 2.93. The van der Waals surface area contributed by atoms with Crippen LogP contribution in [0.5, 0.6) is 0 Å². The lowest BCUT2D eigenvalue weighted by atomic mass is 10.1. The fourth-order valence-corrected chi connectivity index (χ4v) is 5.95. The Balaban J connectivity index is 0.00000370. The van der Waals surface area contributed by atoms with E-state index in [0.717, 1.165) is 5.39 Å². The lowest BCUT2D eigenvalue weighted by Gasteiger charge is -2.16. The number of hydrogen-bond acceptors (Lipinski definition) is 5. The van der Waals surface area contributed by atoms with Crippen molar-refractivity contribution < 1.29 is 8.42 Å². The van der Waals surface area contributed by atoms with Crippen LogP contribution in [-0.4, -0.2) is 23.4 Å². The third-order valence-corrected chi connectivity index (χ3v) is 8.01. The summed E-state index contributed by atoms with van der Waals surface area (Å²) in [4.78, 5) is 27.0. The molecule has 1 heterocycles. The zero-order valence-corrected chi connectivity index (χ0v) is 23.3. The minimum absolute atomic E-state index is 0. The van der Waals surface area contributed by atoms with Crippen molar-refractivity contribution in [3.63, 3.8) is 0 Å². The number of rotatable bonds is 8. The lowest BCUT2D eigenvalue weighted by molar-refractivity contribution is 0.593. The van der Waals surface area contributed by atoms with Gasteiger partial charge in [0.25, 0.3) is 15.6 Å². The Hall–Kier alpha value is -4.41. The molecule has 1 aromatic heterocycles. The van der Waals surface area contributed by atoms with E-state index in [2.05, 4.69) is 4.72 Å². The summed E-state index contributed by atoms with van der Waals surface area (Å²) in [6.45, 7) is 2.31. The zero-order chi connectivity index (χ0) is 27.7. The Morgan fingerprint density at radius 3 is 2.30 bits per heavy atom. The second-order valence-corrected chi connectivity index (χ2v) is 10.9. The molecule has 0 aliphatic rings. The molecule has 0 aliphatic heterocycles. The normalized spacial score (nSPS) is 11.3. The third kappa shape index (κ3) is 5.36. The van der Waals surface area contributed by atoms with Crippen molar-refractivity contribution in [2.75, 3.05) is 4.72 Å². The number of nitrogen functional groups attached to an aromatic ring is 1. The van der Waals surface area contributed by atoms with Gasteiger partial charge in [0, 0.05) is 17.5 Å². The quantitative estimate of drug-likeness (QED) is 0.186. The van der Waals surface area contributed by atoms with Gasteiger partial charge in [0.2, 0.25) is 0 Å². The second-order valence-electron chi connectivity index (χ2n) is 9.25. The topological polar surface area (TPSA) is 140 Å². The molecule has 5 rings (SSSR count). The molecule has 206 valence electrons. The van der Waals surface area contributed by atoms with Gasteiger partial charge < -0.3 is 5.73 Å². The monoisotopic (exact) mass is 577 g/mol. The predicted molar refractivity (Wildman–Crippen MR) is 161 cm³/mol. The number of nitrogens with one attached hydrogen (secondary N) is 2. The number of nitrogens with two attached hydrogens (primary N) is 1. The van der Waals surface area contributed by atoms with Gasteiger partial charge in [-0.25, -0.2) is 13.2 Å². The van der Waals surface area contributed by atoms with Gasteiger partial charge in [-0.1, -0.05) is 67.6 Å². The summed E-state index contributed by atoms with van der Waals surface area (Å²) in [6.07, 6.45) is 0.631. The number of sulfonamides is 1. The predicted octanol–water partition coefficient (Wildman–Crippen LogP) is 4.28. The summed E-state index contributed by atoms with van der Waals surface area (Å²) >= 11 is 0. The highest BCUT2D eigenvalue weighted by atomic mass is 35.5. The van der Waals surface area contributed by atoms with Crippen molar-refractivity contribution in [1.29, 1.82) is 5.41 Å². The van der Waals surface area contributed by atoms with Crippen LogP contribution in [0.1, 0.15) is 24.5 Å². The Morgan fingerprint density at radius 1 is 0.900 bits per heavy atom. The molecular formula is C29H28ClN5O4S. The Labute approximate surface area is 236 Å². The van der Waals surface area contributed by atoms with E-state index >= 15 is 0 Å². The number of amidine groups is 1. The highest BCUT2D eigenvalue weighted by Crippen LogP contribution is 2.26. The van der Waals surface area contributed by atoms with Crippen molar-refractivity contribution in [3.8, 4) is 0 Å². The number of anilines is 1. The summed E-state index contributed by atoms with van der Waals surface area (Å²) in [7, 11) is -3.96. The van der Waals surface area contributed by atoms with E-state index in [4.69, 9.17) is 11.1 Å².